The first kappa shape index (κ1) is 28.5. The summed E-state index contributed by atoms with van der Waals surface area (Å²) in [5.74, 6) is 0.970. The maximum absolute atomic E-state index is 5.15. The largest absolute Gasteiger partial charge is 0.371 e. The average molecular weight is 504 g/mol. The molecular weight excluding hydrogens is 462 g/mol. The minimum Gasteiger partial charge on any atom is -0.371 e. The van der Waals surface area contributed by atoms with E-state index in [2.05, 4.69) is 144 Å². The van der Waals surface area contributed by atoms with E-state index in [0.29, 0.717) is 6.04 Å². The van der Waals surface area contributed by atoms with Crippen molar-refractivity contribution in [3.63, 3.8) is 0 Å². The van der Waals surface area contributed by atoms with E-state index in [9.17, 15) is 0 Å². The summed E-state index contributed by atoms with van der Waals surface area (Å²) in [5, 5.41) is 4.92. The number of hydrogen-bond acceptors (Lipinski definition) is 3. The zero-order valence-corrected chi connectivity index (χ0v) is 23.7. The van der Waals surface area contributed by atoms with Crippen LogP contribution >= 0.6 is 0 Å². The van der Waals surface area contributed by atoms with Crippen LogP contribution in [0.15, 0.2) is 105 Å². The molecule has 0 bridgehead atoms. The maximum Gasteiger partial charge on any atom is 0.146 e. The van der Waals surface area contributed by atoms with Gasteiger partial charge in [0.2, 0.25) is 0 Å². The summed E-state index contributed by atoms with van der Waals surface area (Å²) in [4.78, 5) is 9.78. The van der Waals surface area contributed by atoms with Crippen molar-refractivity contribution in [3.05, 3.63) is 111 Å². The Kier molecular flexibility index (Phi) is 9.30. The van der Waals surface area contributed by atoms with Crippen molar-refractivity contribution in [1.82, 2.24) is 0 Å². The number of benzene rings is 4. The van der Waals surface area contributed by atoms with Crippen LogP contribution in [-0.4, -0.2) is 18.9 Å². The van der Waals surface area contributed by atoms with Crippen molar-refractivity contribution < 1.29 is 0 Å². The Morgan fingerprint density at radius 3 is 2.11 bits per heavy atom. The first-order valence-corrected chi connectivity index (χ1v) is 13.4. The van der Waals surface area contributed by atoms with Crippen molar-refractivity contribution in [2.24, 2.45) is 4.99 Å². The number of amidine groups is 1. The highest BCUT2D eigenvalue weighted by molar-refractivity contribution is 6.33. The van der Waals surface area contributed by atoms with E-state index in [1.165, 1.54) is 44.8 Å². The molecule has 3 heteroatoms. The van der Waals surface area contributed by atoms with Gasteiger partial charge in [-0.05, 0) is 36.9 Å². The third-order valence-corrected chi connectivity index (χ3v) is 7.01. The van der Waals surface area contributed by atoms with Crippen LogP contribution < -0.4 is 9.80 Å². The summed E-state index contributed by atoms with van der Waals surface area (Å²) >= 11 is 0. The van der Waals surface area contributed by atoms with Crippen molar-refractivity contribution in [2.45, 2.75) is 46.6 Å². The molecule has 0 amide bonds. The van der Waals surface area contributed by atoms with E-state index in [-0.39, 0.29) is 0 Å². The third-order valence-electron chi connectivity index (χ3n) is 7.01. The molecule has 2 aliphatic heterocycles. The Balaban J connectivity index is 0.000000526. The molecule has 1 unspecified atom stereocenters. The molecule has 0 N–H and O–H groups in total. The zero-order chi connectivity index (χ0) is 28.0. The quantitative estimate of drug-likeness (QED) is 0.259. The molecule has 0 radical (unpaired) electrons. The Hall–Kier alpha value is -4.11. The van der Waals surface area contributed by atoms with Gasteiger partial charge in [-0.2, -0.15) is 0 Å². The van der Waals surface area contributed by atoms with Crippen LogP contribution in [0.4, 0.5) is 17.1 Å². The molecule has 4 aromatic rings. The second kappa shape index (κ2) is 12.4. The monoisotopic (exact) mass is 503 g/mol. The van der Waals surface area contributed by atoms with Gasteiger partial charge in [-0.25, -0.2) is 4.99 Å². The topological polar surface area (TPSA) is 18.8 Å². The molecular formula is C35H41N3. The van der Waals surface area contributed by atoms with Gasteiger partial charge in [-0.1, -0.05) is 82.3 Å². The minimum atomic E-state index is 0.469. The van der Waals surface area contributed by atoms with Crippen molar-refractivity contribution in [3.8, 4) is 0 Å². The first-order valence-electron chi connectivity index (χ1n) is 13.4. The molecule has 38 heavy (non-hydrogen) atoms. The molecule has 0 aliphatic carbocycles. The van der Waals surface area contributed by atoms with E-state index in [1.54, 1.807) is 0 Å². The first-order chi connectivity index (χ1) is 18.5. The second-order valence-corrected chi connectivity index (χ2v) is 9.31. The van der Waals surface area contributed by atoms with Gasteiger partial charge in [-0.15, -0.1) is 26.3 Å². The van der Waals surface area contributed by atoms with Crippen LogP contribution in [0.5, 0.6) is 0 Å². The average Bonchev–Trinajstić information content (AvgIpc) is 2.97. The van der Waals surface area contributed by atoms with Crippen molar-refractivity contribution >= 4 is 50.1 Å². The molecule has 0 saturated carbocycles. The number of rotatable bonds is 3. The number of nitrogens with zero attached hydrogens (tertiary/aromatic N) is 3. The molecule has 4 aromatic carbocycles. The van der Waals surface area contributed by atoms with Gasteiger partial charge in [0.1, 0.15) is 5.84 Å². The van der Waals surface area contributed by atoms with E-state index >= 15 is 0 Å². The maximum atomic E-state index is 5.15. The fourth-order valence-electron chi connectivity index (χ4n) is 5.07. The SMILES string of the molecule is C=C.C=C.C=C1c2ccc(N(C)C(C)CC)c3cccc(c23)C2=Nc3cccc4cccc(c34)N12.CCC. The lowest BCUT2D eigenvalue weighted by Gasteiger charge is -2.38. The minimum absolute atomic E-state index is 0.469. The van der Waals surface area contributed by atoms with Gasteiger partial charge in [0.15, 0.2) is 0 Å². The highest BCUT2D eigenvalue weighted by Crippen LogP contribution is 2.47. The third kappa shape index (κ3) is 4.65. The lowest BCUT2D eigenvalue weighted by atomic mass is 9.89. The summed E-state index contributed by atoms with van der Waals surface area (Å²) < 4.78 is 0. The smallest absolute Gasteiger partial charge is 0.146 e. The van der Waals surface area contributed by atoms with Crippen LogP contribution in [0.25, 0.3) is 27.2 Å². The summed E-state index contributed by atoms with van der Waals surface area (Å²) in [6, 6.07) is 24.4. The Morgan fingerprint density at radius 1 is 0.816 bits per heavy atom. The zero-order valence-electron chi connectivity index (χ0n) is 23.7. The lowest BCUT2D eigenvalue weighted by Crippen LogP contribution is -2.35. The molecule has 3 nitrogen and oxygen atoms in total. The predicted octanol–water partition coefficient (Wildman–Crippen LogP) is 10.1. The van der Waals surface area contributed by atoms with Crippen LogP contribution in [0.3, 0.4) is 0 Å². The predicted molar refractivity (Wildman–Crippen MR) is 172 cm³/mol. The Bertz CT molecular complexity index is 1470. The normalized spacial score (nSPS) is 13.0. The van der Waals surface area contributed by atoms with Crippen LogP contribution in [-0.2, 0) is 0 Å². The fourth-order valence-corrected chi connectivity index (χ4v) is 5.07. The van der Waals surface area contributed by atoms with E-state index < -0.39 is 0 Å². The summed E-state index contributed by atoms with van der Waals surface area (Å²) in [6.45, 7) is 25.3. The molecule has 0 aromatic heterocycles. The van der Waals surface area contributed by atoms with Crippen LogP contribution in [0.2, 0.25) is 0 Å². The number of hydrogen-bond donors (Lipinski definition) is 0. The molecule has 0 saturated heterocycles. The van der Waals surface area contributed by atoms with Gasteiger partial charge in [-0.3, -0.25) is 4.90 Å². The van der Waals surface area contributed by atoms with Gasteiger partial charge < -0.3 is 4.90 Å². The summed E-state index contributed by atoms with van der Waals surface area (Å²) in [5.41, 5.74) is 6.79. The van der Waals surface area contributed by atoms with Crippen molar-refractivity contribution in [1.29, 1.82) is 0 Å². The van der Waals surface area contributed by atoms with E-state index in [4.69, 9.17) is 4.99 Å². The molecule has 0 fully saturated rings. The number of aliphatic imine (C=N–C) groups is 1. The fraction of sp³-hybridized carbons (Fsp3) is 0.229. The molecule has 1 atom stereocenters. The summed E-state index contributed by atoms with van der Waals surface area (Å²) in [6.07, 6.45) is 2.35. The molecule has 2 heterocycles. The van der Waals surface area contributed by atoms with Gasteiger partial charge in [0.05, 0.1) is 11.4 Å². The second-order valence-electron chi connectivity index (χ2n) is 9.31. The highest BCUT2D eigenvalue weighted by atomic mass is 15.2. The van der Waals surface area contributed by atoms with E-state index in [0.717, 1.165) is 29.3 Å². The number of anilines is 2. The van der Waals surface area contributed by atoms with E-state index in [1.807, 2.05) is 0 Å². The highest BCUT2D eigenvalue weighted by Gasteiger charge is 2.33. The molecule has 6 rings (SSSR count). The van der Waals surface area contributed by atoms with Gasteiger partial charge in [0.25, 0.3) is 0 Å². The van der Waals surface area contributed by atoms with Gasteiger partial charge >= 0.3 is 0 Å². The van der Waals surface area contributed by atoms with Crippen LogP contribution in [0.1, 0.15) is 51.7 Å². The lowest BCUT2D eigenvalue weighted by molar-refractivity contribution is 0.665. The Labute approximate surface area is 229 Å². The summed E-state index contributed by atoms with van der Waals surface area (Å²) in [7, 11) is 2.19. The Morgan fingerprint density at radius 2 is 1.45 bits per heavy atom. The molecule has 0 spiro atoms. The molecule has 196 valence electrons. The number of fused-ring (bicyclic) bond motifs is 3. The van der Waals surface area contributed by atoms with Gasteiger partial charge in [0, 0.05) is 51.8 Å². The molecule has 2 aliphatic rings. The standard InChI is InChI=1S/C28H25N3.C3H8.2C2H4/c1-5-17(2)30(4)24-16-15-20-18(3)31-25-14-7-10-19-9-6-13-23(26(19)25)29-28(31)22-12-8-11-21(24)27(20)22;1-3-2;2*1-2/h6-17H,3,5H2,1-2,4H3;3H2,1-2H3;2*1-2H2. The van der Waals surface area contributed by atoms with Crippen molar-refractivity contribution in [2.75, 3.05) is 16.8 Å². The van der Waals surface area contributed by atoms with Crippen LogP contribution in [0, 0.1) is 0 Å².